The molecule has 35 heavy (non-hydrogen) atoms. The molecule has 0 aliphatic heterocycles. The minimum absolute atomic E-state index is 0.252. The SMILES string of the molecule is Cc1cc2c3ccccc3n3c4c5ccccc5oc4c(c1-c1ccc(CC(C)(C)C)c[n+]1C)c23. The Morgan fingerprint density at radius 2 is 1.60 bits per heavy atom. The van der Waals surface area contributed by atoms with Crippen LogP contribution in [0.4, 0.5) is 0 Å². The third kappa shape index (κ3) is 2.81. The van der Waals surface area contributed by atoms with Crippen molar-refractivity contribution in [2.75, 3.05) is 0 Å². The van der Waals surface area contributed by atoms with Crippen LogP contribution in [0.1, 0.15) is 31.9 Å². The number of aromatic nitrogens is 2. The van der Waals surface area contributed by atoms with Crippen molar-refractivity contribution in [1.29, 1.82) is 0 Å². The Morgan fingerprint density at radius 3 is 2.37 bits per heavy atom. The van der Waals surface area contributed by atoms with Crippen LogP contribution >= 0.6 is 0 Å². The molecule has 3 nitrogen and oxygen atoms in total. The van der Waals surface area contributed by atoms with Gasteiger partial charge in [0, 0.05) is 27.8 Å². The number of aryl methyl sites for hydroxylation is 2. The van der Waals surface area contributed by atoms with Crippen molar-refractivity contribution in [3.63, 3.8) is 0 Å². The van der Waals surface area contributed by atoms with E-state index in [1.807, 2.05) is 0 Å². The molecule has 7 rings (SSSR count). The number of hydrogen-bond acceptors (Lipinski definition) is 1. The van der Waals surface area contributed by atoms with Crippen molar-refractivity contribution in [3.05, 3.63) is 84.1 Å². The molecule has 0 aliphatic carbocycles. The van der Waals surface area contributed by atoms with Crippen LogP contribution in [-0.2, 0) is 13.5 Å². The maximum absolute atomic E-state index is 6.61. The van der Waals surface area contributed by atoms with Crippen molar-refractivity contribution in [1.82, 2.24) is 4.40 Å². The summed E-state index contributed by atoms with van der Waals surface area (Å²) in [7, 11) is 2.17. The van der Waals surface area contributed by atoms with Gasteiger partial charge in [-0.25, -0.2) is 4.57 Å². The number of rotatable bonds is 2. The predicted octanol–water partition coefficient (Wildman–Crippen LogP) is 7.97. The highest BCUT2D eigenvalue weighted by molar-refractivity contribution is 6.29. The molecular weight excluding hydrogens is 428 g/mol. The van der Waals surface area contributed by atoms with Gasteiger partial charge in [0.1, 0.15) is 18.1 Å². The van der Waals surface area contributed by atoms with Crippen LogP contribution in [0, 0.1) is 12.3 Å². The molecule has 3 aromatic carbocycles. The summed E-state index contributed by atoms with van der Waals surface area (Å²) in [5.74, 6) is 0. The third-order valence-electron chi connectivity index (χ3n) is 7.36. The van der Waals surface area contributed by atoms with E-state index in [1.165, 1.54) is 55.1 Å². The van der Waals surface area contributed by atoms with Crippen LogP contribution in [0.25, 0.3) is 60.5 Å². The average Bonchev–Trinajstić information content (AvgIpc) is 3.43. The maximum atomic E-state index is 6.61. The molecule has 0 atom stereocenters. The topological polar surface area (TPSA) is 21.4 Å². The fourth-order valence-corrected chi connectivity index (χ4v) is 6.11. The van der Waals surface area contributed by atoms with Gasteiger partial charge in [0.2, 0.25) is 5.69 Å². The lowest BCUT2D eigenvalue weighted by Gasteiger charge is -2.17. The van der Waals surface area contributed by atoms with Gasteiger partial charge in [-0.1, -0.05) is 51.1 Å². The minimum atomic E-state index is 0.252. The quantitative estimate of drug-likeness (QED) is 0.241. The largest absolute Gasteiger partial charge is 0.454 e. The second kappa shape index (κ2) is 6.85. The first-order valence-electron chi connectivity index (χ1n) is 12.4. The summed E-state index contributed by atoms with van der Waals surface area (Å²) in [6.45, 7) is 9.12. The molecule has 4 aromatic heterocycles. The first-order chi connectivity index (χ1) is 16.8. The van der Waals surface area contributed by atoms with E-state index < -0.39 is 0 Å². The summed E-state index contributed by atoms with van der Waals surface area (Å²) < 4.78 is 11.3. The second-order valence-electron chi connectivity index (χ2n) is 11.2. The van der Waals surface area contributed by atoms with Gasteiger partial charge in [-0.05, 0) is 54.7 Å². The number of benzene rings is 3. The van der Waals surface area contributed by atoms with Crippen molar-refractivity contribution in [3.8, 4) is 11.3 Å². The van der Waals surface area contributed by atoms with E-state index in [1.54, 1.807) is 0 Å². The van der Waals surface area contributed by atoms with E-state index in [0.29, 0.717) is 0 Å². The van der Waals surface area contributed by atoms with Gasteiger partial charge in [-0.2, -0.15) is 0 Å². The van der Waals surface area contributed by atoms with Crippen LogP contribution in [0.5, 0.6) is 0 Å². The second-order valence-corrected chi connectivity index (χ2v) is 11.2. The predicted molar refractivity (Wildman–Crippen MR) is 145 cm³/mol. The van der Waals surface area contributed by atoms with Crippen molar-refractivity contribution in [2.24, 2.45) is 12.5 Å². The van der Waals surface area contributed by atoms with E-state index in [0.717, 1.165) is 23.0 Å². The minimum Gasteiger partial charge on any atom is -0.454 e. The number of nitrogens with zero attached hydrogens (tertiary/aromatic N) is 2. The summed E-state index contributed by atoms with van der Waals surface area (Å²) in [5.41, 5.74) is 10.9. The fraction of sp³-hybridized carbons (Fsp3) is 0.219. The Balaban J connectivity index is 1.65. The lowest BCUT2D eigenvalue weighted by molar-refractivity contribution is -0.660. The van der Waals surface area contributed by atoms with Gasteiger partial charge in [0.25, 0.3) is 0 Å². The monoisotopic (exact) mass is 457 g/mol. The zero-order valence-electron chi connectivity index (χ0n) is 20.9. The molecule has 0 aliphatic rings. The Hall–Kier alpha value is -3.85. The molecule has 4 heterocycles. The molecule has 0 N–H and O–H groups in total. The molecule has 0 radical (unpaired) electrons. The molecular formula is C32H29N2O+. The normalized spacial score (nSPS) is 12.8. The number of pyridine rings is 1. The van der Waals surface area contributed by atoms with E-state index in [2.05, 4.69) is 117 Å². The van der Waals surface area contributed by atoms with Gasteiger partial charge in [-0.15, -0.1) is 0 Å². The van der Waals surface area contributed by atoms with Crippen molar-refractivity contribution >= 4 is 49.3 Å². The highest BCUT2D eigenvalue weighted by Gasteiger charge is 2.28. The summed E-state index contributed by atoms with van der Waals surface area (Å²) >= 11 is 0. The molecule has 0 saturated carbocycles. The highest BCUT2D eigenvalue weighted by Crippen LogP contribution is 2.47. The Labute approximate surface area is 204 Å². The van der Waals surface area contributed by atoms with Gasteiger partial charge in [0.05, 0.1) is 22.0 Å². The summed E-state index contributed by atoms with van der Waals surface area (Å²) in [6.07, 6.45) is 3.34. The van der Waals surface area contributed by atoms with E-state index in [-0.39, 0.29) is 5.41 Å². The van der Waals surface area contributed by atoms with Gasteiger partial charge >= 0.3 is 0 Å². The van der Waals surface area contributed by atoms with Gasteiger partial charge < -0.3 is 8.82 Å². The molecule has 0 bridgehead atoms. The molecule has 3 heteroatoms. The zero-order valence-corrected chi connectivity index (χ0v) is 20.9. The van der Waals surface area contributed by atoms with Crippen LogP contribution in [0.2, 0.25) is 0 Å². The molecule has 172 valence electrons. The summed E-state index contributed by atoms with van der Waals surface area (Å²) in [5, 5.41) is 4.95. The lowest BCUT2D eigenvalue weighted by atomic mass is 9.88. The van der Waals surface area contributed by atoms with E-state index in [9.17, 15) is 0 Å². The Morgan fingerprint density at radius 1 is 0.857 bits per heavy atom. The van der Waals surface area contributed by atoms with Crippen LogP contribution in [0.15, 0.2) is 77.3 Å². The van der Waals surface area contributed by atoms with Crippen molar-refractivity contribution < 1.29 is 8.98 Å². The molecule has 0 spiro atoms. The van der Waals surface area contributed by atoms with Crippen LogP contribution < -0.4 is 4.57 Å². The first-order valence-corrected chi connectivity index (χ1v) is 12.4. The molecule has 0 unspecified atom stereocenters. The number of hydrogen-bond donors (Lipinski definition) is 0. The van der Waals surface area contributed by atoms with E-state index >= 15 is 0 Å². The van der Waals surface area contributed by atoms with Gasteiger partial charge in [-0.3, -0.25) is 0 Å². The Kier molecular flexibility index (Phi) is 4.02. The lowest BCUT2D eigenvalue weighted by Crippen LogP contribution is -2.32. The van der Waals surface area contributed by atoms with Gasteiger partial charge in [0.15, 0.2) is 11.8 Å². The zero-order chi connectivity index (χ0) is 24.1. The highest BCUT2D eigenvalue weighted by atomic mass is 16.3. The molecule has 7 aromatic rings. The molecule has 0 fully saturated rings. The van der Waals surface area contributed by atoms with E-state index in [4.69, 9.17) is 4.42 Å². The number of para-hydroxylation sites is 2. The average molecular weight is 458 g/mol. The molecule has 0 amide bonds. The van der Waals surface area contributed by atoms with Crippen LogP contribution in [0.3, 0.4) is 0 Å². The first kappa shape index (κ1) is 20.5. The Bertz CT molecular complexity index is 1930. The third-order valence-corrected chi connectivity index (χ3v) is 7.36. The maximum Gasteiger partial charge on any atom is 0.213 e. The van der Waals surface area contributed by atoms with Crippen LogP contribution in [-0.4, -0.2) is 4.40 Å². The number of furan rings is 1. The standard InChI is InChI=1S/C32H29N2O/c1-19-16-23-21-10-6-8-12-24(21)34-29(23)28(31-30(34)22-11-7-9-13-26(22)35-31)27(19)25-15-14-20(18-33(25)5)17-32(2,3)4/h6-16,18H,17H2,1-5H3/q+1. The summed E-state index contributed by atoms with van der Waals surface area (Å²) in [6, 6.07) is 24.1. The number of fused-ring (bicyclic) bond motifs is 8. The smallest absolute Gasteiger partial charge is 0.213 e. The fourth-order valence-electron chi connectivity index (χ4n) is 6.11. The molecule has 0 saturated heterocycles. The summed E-state index contributed by atoms with van der Waals surface area (Å²) in [4.78, 5) is 0. The van der Waals surface area contributed by atoms with Crippen molar-refractivity contribution in [2.45, 2.75) is 34.1 Å².